The van der Waals surface area contributed by atoms with Crippen molar-refractivity contribution >= 4 is 23.5 Å². The van der Waals surface area contributed by atoms with Gasteiger partial charge in [0.1, 0.15) is 6.10 Å². The first-order valence-corrected chi connectivity index (χ1v) is 12.8. The van der Waals surface area contributed by atoms with E-state index >= 15 is 0 Å². The molecule has 0 radical (unpaired) electrons. The average Bonchev–Trinajstić information content (AvgIpc) is 3.39. The first-order chi connectivity index (χ1) is 17.7. The number of carbonyl (C=O) groups excluding carboxylic acids is 3. The van der Waals surface area contributed by atoms with E-state index in [0.717, 1.165) is 16.9 Å². The first kappa shape index (κ1) is 23.8. The molecular formula is C29H31NO7. The Hall–Kier alpha value is -3.55. The Labute approximate surface area is 215 Å². The summed E-state index contributed by atoms with van der Waals surface area (Å²) >= 11 is 0. The largest absolute Gasteiger partial charge is 0.501 e. The topological polar surface area (TPSA) is 104 Å². The third-order valence-electron chi connectivity index (χ3n) is 9.18. The van der Waals surface area contributed by atoms with Crippen LogP contribution in [-0.2, 0) is 23.8 Å². The maximum absolute atomic E-state index is 14.2. The number of rotatable bonds is 4. The van der Waals surface area contributed by atoms with E-state index in [9.17, 15) is 14.4 Å². The van der Waals surface area contributed by atoms with Crippen LogP contribution >= 0.6 is 0 Å². The fourth-order valence-electron chi connectivity index (χ4n) is 7.47. The Morgan fingerprint density at radius 1 is 1.14 bits per heavy atom. The van der Waals surface area contributed by atoms with E-state index in [1.165, 1.54) is 0 Å². The summed E-state index contributed by atoms with van der Waals surface area (Å²) < 4.78 is 22.5. The molecule has 2 saturated carbocycles. The van der Waals surface area contributed by atoms with Gasteiger partial charge in [-0.3, -0.25) is 14.9 Å². The van der Waals surface area contributed by atoms with Gasteiger partial charge in [-0.05, 0) is 55.9 Å². The van der Waals surface area contributed by atoms with E-state index in [1.807, 2.05) is 26.0 Å². The molecule has 1 aromatic heterocycles. The zero-order valence-electron chi connectivity index (χ0n) is 21.2. The van der Waals surface area contributed by atoms with Crippen molar-refractivity contribution in [2.24, 2.45) is 28.6 Å². The van der Waals surface area contributed by atoms with Gasteiger partial charge in [-0.25, -0.2) is 4.79 Å². The fraction of sp³-hybridized carbons (Fsp3) is 0.483. The number of benzene rings is 1. The maximum atomic E-state index is 14.2. The van der Waals surface area contributed by atoms with Crippen LogP contribution in [0.2, 0.25) is 0 Å². The van der Waals surface area contributed by atoms with Crippen LogP contribution in [0.5, 0.6) is 0 Å². The lowest BCUT2D eigenvalue weighted by atomic mass is 9.39. The molecule has 1 N–H and O–H groups in total. The van der Waals surface area contributed by atoms with Crippen LogP contribution in [0.15, 0.2) is 59.1 Å². The highest BCUT2D eigenvalue weighted by molar-refractivity contribution is 5.94. The van der Waals surface area contributed by atoms with Gasteiger partial charge in [-0.2, -0.15) is 0 Å². The third kappa shape index (κ3) is 3.60. The first-order valence-electron chi connectivity index (χ1n) is 12.8. The second-order valence-electron chi connectivity index (χ2n) is 11.2. The van der Waals surface area contributed by atoms with Crippen LogP contribution < -0.4 is 5.32 Å². The number of Topliss-reactive ketones (excluding diaryl/α,β-unsaturated/α-hetero) is 1. The second-order valence-corrected chi connectivity index (χ2v) is 11.2. The number of nitrogens with one attached hydrogen (secondary N) is 1. The lowest BCUT2D eigenvalue weighted by Crippen LogP contribution is -2.66. The highest BCUT2D eigenvalue weighted by Crippen LogP contribution is 2.70. The molecule has 3 aliphatic carbocycles. The summed E-state index contributed by atoms with van der Waals surface area (Å²) in [7, 11) is 1.63. The Kier molecular flexibility index (Phi) is 5.47. The van der Waals surface area contributed by atoms with Crippen molar-refractivity contribution in [3.8, 4) is 0 Å². The molecule has 1 amide bonds. The zero-order chi connectivity index (χ0) is 25.9. The molecule has 8 heteroatoms. The molecule has 8 nitrogen and oxygen atoms in total. The van der Waals surface area contributed by atoms with Gasteiger partial charge in [0.15, 0.2) is 11.9 Å². The minimum atomic E-state index is -0.937. The Bertz CT molecular complexity index is 1270. The van der Waals surface area contributed by atoms with E-state index in [0.29, 0.717) is 31.4 Å². The molecule has 6 rings (SSSR count). The molecule has 0 bridgehead atoms. The lowest BCUT2D eigenvalue weighted by molar-refractivity contribution is -0.205. The van der Waals surface area contributed by atoms with Crippen molar-refractivity contribution in [1.82, 2.24) is 0 Å². The molecule has 1 aliphatic heterocycles. The molecule has 7 atom stereocenters. The van der Waals surface area contributed by atoms with E-state index in [2.05, 4.69) is 11.4 Å². The summed E-state index contributed by atoms with van der Waals surface area (Å²) in [5, 5.41) is 2.73. The zero-order valence-corrected chi connectivity index (χ0v) is 21.2. The number of amides is 1. The third-order valence-corrected chi connectivity index (χ3v) is 9.18. The molecule has 4 aliphatic rings. The predicted molar refractivity (Wildman–Crippen MR) is 132 cm³/mol. The number of allylic oxidation sites excluding steroid dienone is 2. The van der Waals surface area contributed by atoms with Crippen molar-refractivity contribution < 1.29 is 33.0 Å². The quantitative estimate of drug-likeness (QED) is 0.559. The predicted octanol–water partition coefficient (Wildman–Crippen LogP) is 5.35. The molecule has 2 aromatic rings. The highest BCUT2D eigenvalue weighted by Gasteiger charge is 2.70. The molecule has 1 aromatic carbocycles. The number of esters is 1. The van der Waals surface area contributed by atoms with Crippen LogP contribution in [0.3, 0.4) is 0 Å². The molecule has 3 fully saturated rings. The average molecular weight is 506 g/mol. The van der Waals surface area contributed by atoms with Gasteiger partial charge in [0.2, 0.25) is 0 Å². The van der Waals surface area contributed by atoms with E-state index < -0.39 is 41.0 Å². The Morgan fingerprint density at radius 3 is 2.62 bits per heavy atom. The van der Waals surface area contributed by atoms with E-state index in [1.54, 1.807) is 37.8 Å². The van der Waals surface area contributed by atoms with Gasteiger partial charge in [0, 0.05) is 34.9 Å². The summed E-state index contributed by atoms with van der Waals surface area (Å²) in [6.07, 6.45) is 5.30. The molecule has 2 heterocycles. The van der Waals surface area contributed by atoms with Crippen LogP contribution in [-0.4, -0.2) is 31.1 Å². The monoisotopic (exact) mass is 505 g/mol. The van der Waals surface area contributed by atoms with Crippen molar-refractivity contribution in [3.05, 3.63) is 65.8 Å². The molecule has 1 spiro atoms. The number of anilines is 1. The molecule has 0 unspecified atom stereocenters. The number of ketones is 1. The summed E-state index contributed by atoms with van der Waals surface area (Å²) in [5.41, 5.74) is 1.35. The van der Waals surface area contributed by atoms with Crippen molar-refractivity contribution in [1.29, 1.82) is 0 Å². The van der Waals surface area contributed by atoms with Gasteiger partial charge in [-0.1, -0.05) is 24.6 Å². The number of methoxy groups -OCH3 is 1. The number of furan rings is 1. The molecule has 37 heavy (non-hydrogen) atoms. The lowest BCUT2D eigenvalue weighted by Gasteiger charge is -2.64. The number of hydrogen-bond acceptors (Lipinski definition) is 7. The van der Waals surface area contributed by atoms with Crippen molar-refractivity contribution in [3.63, 3.8) is 0 Å². The number of fused-ring (bicyclic) bond motifs is 2. The summed E-state index contributed by atoms with van der Waals surface area (Å²) in [6.45, 7) is 3.99. The van der Waals surface area contributed by atoms with Gasteiger partial charge in [0.05, 0.1) is 31.3 Å². The van der Waals surface area contributed by atoms with Crippen LogP contribution in [0.25, 0.3) is 0 Å². The van der Waals surface area contributed by atoms with Crippen LogP contribution in [0.4, 0.5) is 10.5 Å². The minimum absolute atomic E-state index is 0.0551. The minimum Gasteiger partial charge on any atom is -0.501 e. The summed E-state index contributed by atoms with van der Waals surface area (Å²) in [6, 6.07) is 9.15. The summed E-state index contributed by atoms with van der Waals surface area (Å²) in [5.74, 6) is -0.562. The number of aryl methyl sites for hydroxylation is 1. The van der Waals surface area contributed by atoms with Gasteiger partial charge >= 0.3 is 12.1 Å². The number of cyclic esters (lactones) is 1. The number of carbonyl (C=O) groups is 3. The SMILES string of the molecule is COC1=C[C@@]23CC[C@H]4C(=O)O[C@H](c5ccoc5)C[C@]4(C)[C@H]2C(=O)[C@@H](OC(=O)Nc2ccc(C)cc2)C[C@@H]13. The number of hydrogen-bond donors (Lipinski definition) is 1. The second kappa shape index (κ2) is 8.50. The Morgan fingerprint density at radius 2 is 1.92 bits per heavy atom. The number of ether oxygens (including phenoxy) is 3. The smallest absolute Gasteiger partial charge is 0.412 e. The standard InChI is InChI=1S/C29H31NO7/c1-16-4-6-18(7-5-16)30-27(33)37-21-12-20-23(34-3)14-29(20)10-8-19-26(32)36-22(17-9-11-35-15-17)13-28(19,2)25(29)24(21)31/h4-7,9,11,14-15,19-22,25H,8,10,12-13H2,1-3H3,(H,30,33)/t19-,20-,21-,22-,25+,28-,29+/m0/s1. The highest BCUT2D eigenvalue weighted by atomic mass is 16.6. The molecule has 194 valence electrons. The molecular weight excluding hydrogens is 474 g/mol. The van der Waals surface area contributed by atoms with Gasteiger partial charge in [0.25, 0.3) is 0 Å². The van der Waals surface area contributed by atoms with Crippen LogP contribution in [0, 0.1) is 35.5 Å². The van der Waals surface area contributed by atoms with Gasteiger partial charge in [-0.15, -0.1) is 0 Å². The maximum Gasteiger partial charge on any atom is 0.412 e. The van der Waals surface area contributed by atoms with E-state index in [-0.39, 0.29) is 17.7 Å². The van der Waals surface area contributed by atoms with Crippen molar-refractivity contribution in [2.75, 3.05) is 12.4 Å². The Balaban J connectivity index is 1.32. The normalized spacial score (nSPS) is 36.1. The van der Waals surface area contributed by atoms with E-state index in [4.69, 9.17) is 18.6 Å². The fourth-order valence-corrected chi connectivity index (χ4v) is 7.47. The van der Waals surface area contributed by atoms with Gasteiger partial charge < -0.3 is 18.6 Å². The molecule has 1 saturated heterocycles. The van der Waals surface area contributed by atoms with Crippen LogP contribution in [0.1, 0.15) is 49.8 Å². The summed E-state index contributed by atoms with van der Waals surface area (Å²) in [4.78, 5) is 40.3. The van der Waals surface area contributed by atoms with Crippen molar-refractivity contribution in [2.45, 2.75) is 51.7 Å².